The SMILES string of the molecule is c1ccc(N(c2ccc(-c3ccc4ccc5c6ccccc6ccc5c4c3)cc2)c2cccc3oc4ncccc4c23)cc1. The molecular weight excluding hydrogens is 536 g/mol. The third-order valence-corrected chi connectivity index (χ3v) is 8.71. The summed E-state index contributed by atoms with van der Waals surface area (Å²) in [6.07, 6.45) is 1.77. The van der Waals surface area contributed by atoms with Crippen molar-refractivity contribution in [2.75, 3.05) is 4.90 Å². The Balaban J connectivity index is 1.18. The summed E-state index contributed by atoms with van der Waals surface area (Å²) in [5, 5.41) is 9.71. The molecule has 3 heteroatoms. The van der Waals surface area contributed by atoms with E-state index in [-0.39, 0.29) is 0 Å². The predicted octanol–water partition coefficient (Wildman–Crippen LogP) is 11.6. The van der Waals surface area contributed by atoms with Crippen LogP contribution in [0.1, 0.15) is 0 Å². The number of nitrogens with zero attached hydrogens (tertiary/aromatic N) is 2. The van der Waals surface area contributed by atoms with E-state index < -0.39 is 0 Å². The summed E-state index contributed by atoms with van der Waals surface area (Å²) in [4.78, 5) is 6.78. The highest BCUT2D eigenvalue weighted by Crippen LogP contribution is 2.43. The average Bonchev–Trinajstić information content (AvgIpc) is 3.48. The predicted molar refractivity (Wildman–Crippen MR) is 184 cm³/mol. The molecule has 2 aromatic heterocycles. The summed E-state index contributed by atoms with van der Waals surface area (Å²) in [6.45, 7) is 0. The monoisotopic (exact) mass is 562 g/mol. The Labute approximate surface area is 254 Å². The second kappa shape index (κ2) is 9.82. The molecule has 0 saturated heterocycles. The quantitative estimate of drug-likeness (QED) is 0.200. The highest BCUT2D eigenvalue weighted by molar-refractivity contribution is 6.18. The van der Waals surface area contributed by atoms with Crippen LogP contribution in [-0.2, 0) is 0 Å². The number of aromatic nitrogens is 1. The minimum atomic E-state index is 0.648. The molecule has 0 aliphatic heterocycles. The lowest BCUT2D eigenvalue weighted by Crippen LogP contribution is -2.10. The standard InChI is InChI=1S/C41H26N2O/c1-2-9-31(10-3-1)43(38-13-6-14-39-40(38)36-12-7-25-42-41(36)44-39)32-21-17-27(18-22-32)30-16-15-29-20-23-34-33-11-5-4-8-28(33)19-24-35(34)37(29)26-30/h1-26H. The van der Waals surface area contributed by atoms with Gasteiger partial charge in [-0.25, -0.2) is 4.98 Å². The van der Waals surface area contributed by atoms with Gasteiger partial charge in [0.25, 0.3) is 0 Å². The van der Waals surface area contributed by atoms with Crippen LogP contribution in [0.4, 0.5) is 17.1 Å². The van der Waals surface area contributed by atoms with E-state index in [9.17, 15) is 0 Å². The van der Waals surface area contributed by atoms with E-state index in [1.54, 1.807) is 6.20 Å². The number of furan rings is 1. The van der Waals surface area contributed by atoms with Crippen molar-refractivity contribution in [3.8, 4) is 11.1 Å². The first-order chi connectivity index (χ1) is 21.8. The molecular formula is C41H26N2O. The number of benzene rings is 7. The topological polar surface area (TPSA) is 29.3 Å². The molecule has 0 spiro atoms. The maximum absolute atomic E-state index is 6.14. The fraction of sp³-hybridized carbons (Fsp3) is 0. The molecule has 44 heavy (non-hydrogen) atoms. The van der Waals surface area contributed by atoms with Crippen molar-refractivity contribution in [1.29, 1.82) is 0 Å². The maximum Gasteiger partial charge on any atom is 0.227 e. The van der Waals surface area contributed by atoms with Gasteiger partial charge in [-0.3, -0.25) is 0 Å². The van der Waals surface area contributed by atoms with E-state index in [0.29, 0.717) is 5.71 Å². The van der Waals surface area contributed by atoms with E-state index in [1.807, 2.05) is 18.2 Å². The van der Waals surface area contributed by atoms with E-state index in [0.717, 1.165) is 33.4 Å². The van der Waals surface area contributed by atoms with E-state index in [2.05, 4.69) is 143 Å². The number of hydrogen-bond donors (Lipinski definition) is 0. The molecule has 0 unspecified atom stereocenters. The van der Waals surface area contributed by atoms with E-state index >= 15 is 0 Å². The Bertz CT molecular complexity index is 2490. The normalized spacial score (nSPS) is 11.6. The highest BCUT2D eigenvalue weighted by atomic mass is 16.3. The number of para-hydroxylation sites is 1. The van der Waals surface area contributed by atoms with Gasteiger partial charge in [0.2, 0.25) is 5.71 Å². The van der Waals surface area contributed by atoms with Gasteiger partial charge in [-0.1, -0.05) is 97.1 Å². The van der Waals surface area contributed by atoms with Crippen molar-refractivity contribution < 1.29 is 4.42 Å². The van der Waals surface area contributed by atoms with Gasteiger partial charge in [0.05, 0.1) is 16.5 Å². The van der Waals surface area contributed by atoms with Crippen LogP contribution in [0.5, 0.6) is 0 Å². The molecule has 0 saturated carbocycles. The Morgan fingerprint density at radius 1 is 0.455 bits per heavy atom. The zero-order valence-corrected chi connectivity index (χ0v) is 23.8. The van der Waals surface area contributed by atoms with Crippen LogP contribution >= 0.6 is 0 Å². The van der Waals surface area contributed by atoms with Gasteiger partial charge in [-0.2, -0.15) is 0 Å². The lowest BCUT2D eigenvalue weighted by molar-refractivity contribution is 0.654. The number of pyridine rings is 1. The lowest BCUT2D eigenvalue weighted by Gasteiger charge is -2.26. The van der Waals surface area contributed by atoms with Crippen LogP contribution in [0.3, 0.4) is 0 Å². The first-order valence-corrected chi connectivity index (χ1v) is 14.9. The summed E-state index contributed by atoms with van der Waals surface area (Å²) < 4.78 is 6.14. The van der Waals surface area contributed by atoms with Crippen LogP contribution in [0.25, 0.3) is 65.5 Å². The zero-order chi connectivity index (χ0) is 29.0. The molecule has 0 N–H and O–H groups in total. The van der Waals surface area contributed by atoms with E-state index in [4.69, 9.17) is 4.42 Å². The van der Waals surface area contributed by atoms with Gasteiger partial charge in [0.1, 0.15) is 5.58 Å². The van der Waals surface area contributed by atoms with Crippen LogP contribution < -0.4 is 4.90 Å². The number of anilines is 3. The Hall–Kier alpha value is -5.93. The van der Waals surface area contributed by atoms with Crippen molar-refractivity contribution in [3.63, 3.8) is 0 Å². The summed E-state index contributed by atoms with van der Waals surface area (Å²) in [7, 11) is 0. The highest BCUT2D eigenvalue weighted by Gasteiger charge is 2.19. The first kappa shape index (κ1) is 24.6. The number of hydrogen-bond acceptors (Lipinski definition) is 3. The Morgan fingerprint density at radius 3 is 2.00 bits per heavy atom. The van der Waals surface area contributed by atoms with Crippen molar-refractivity contribution in [1.82, 2.24) is 4.98 Å². The van der Waals surface area contributed by atoms with Crippen LogP contribution in [0.2, 0.25) is 0 Å². The van der Waals surface area contributed by atoms with Crippen molar-refractivity contribution in [2.45, 2.75) is 0 Å². The molecule has 9 aromatic rings. The molecule has 0 aliphatic carbocycles. The van der Waals surface area contributed by atoms with Crippen LogP contribution in [0.15, 0.2) is 162 Å². The molecule has 0 fully saturated rings. The molecule has 0 atom stereocenters. The number of fused-ring (bicyclic) bond motifs is 8. The summed E-state index contributed by atoms with van der Waals surface area (Å²) in [6, 6.07) is 54.0. The van der Waals surface area contributed by atoms with Gasteiger partial charge < -0.3 is 9.32 Å². The molecule has 3 nitrogen and oxygen atoms in total. The molecule has 7 aromatic carbocycles. The number of rotatable bonds is 4. The third-order valence-electron chi connectivity index (χ3n) is 8.71. The van der Waals surface area contributed by atoms with Gasteiger partial charge in [-0.15, -0.1) is 0 Å². The Morgan fingerprint density at radius 2 is 1.14 bits per heavy atom. The molecule has 206 valence electrons. The first-order valence-electron chi connectivity index (χ1n) is 14.9. The van der Waals surface area contributed by atoms with Crippen molar-refractivity contribution in [2.24, 2.45) is 0 Å². The second-order valence-electron chi connectivity index (χ2n) is 11.2. The zero-order valence-electron chi connectivity index (χ0n) is 23.8. The van der Waals surface area contributed by atoms with Gasteiger partial charge in [-0.05, 0) is 98.0 Å². The van der Waals surface area contributed by atoms with Gasteiger partial charge in [0, 0.05) is 17.6 Å². The fourth-order valence-corrected chi connectivity index (χ4v) is 6.63. The lowest BCUT2D eigenvalue weighted by atomic mass is 9.94. The maximum atomic E-state index is 6.14. The fourth-order valence-electron chi connectivity index (χ4n) is 6.63. The van der Waals surface area contributed by atoms with Crippen molar-refractivity contribution >= 4 is 71.4 Å². The van der Waals surface area contributed by atoms with E-state index in [1.165, 1.54) is 43.4 Å². The molecule has 0 radical (unpaired) electrons. The van der Waals surface area contributed by atoms with Crippen LogP contribution in [-0.4, -0.2) is 4.98 Å². The van der Waals surface area contributed by atoms with Gasteiger partial charge in [0.15, 0.2) is 0 Å². The third kappa shape index (κ3) is 3.87. The molecule has 0 aliphatic rings. The largest absolute Gasteiger partial charge is 0.438 e. The summed E-state index contributed by atoms with van der Waals surface area (Å²) >= 11 is 0. The minimum Gasteiger partial charge on any atom is -0.438 e. The summed E-state index contributed by atoms with van der Waals surface area (Å²) in [5.41, 5.74) is 7.05. The summed E-state index contributed by atoms with van der Waals surface area (Å²) in [5.74, 6) is 0. The van der Waals surface area contributed by atoms with Crippen LogP contribution in [0, 0.1) is 0 Å². The molecule has 9 rings (SSSR count). The molecule has 0 amide bonds. The Kier molecular flexibility index (Phi) is 5.50. The average molecular weight is 563 g/mol. The second-order valence-corrected chi connectivity index (χ2v) is 11.2. The van der Waals surface area contributed by atoms with Gasteiger partial charge >= 0.3 is 0 Å². The molecule has 2 heterocycles. The van der Waals surface area contributed by atoms with Crippen molar-refractivity contribution in [3.05, 3.63) is 158 Å². The smallest absolute Gasteiger partial charge is 0.227 e. The minimum absolute atomic E-state index is 0.648. The molecule has 0 bridgehead atoms.